The van der Waals surface area contributed by atoms with Crippen LogP contribution in [0.3, 0.4) is 0 Å². The molecule has 0 bridgehead atoms. The van der Waals surface area contributed by atoms with Crippen LogP contribution < -0.4 is 10.6 Å². The van der Waals surface area contributed by atoms with Crippen molar-refractivity contribution in [2.24, 2.45) is 5.73 Å². The molecule has 0 spiro atoms. The Bertz CT molecular complexity index is 425. The number of halogens is 1. The predicted octanol–water partition coefficient (Wildman–Crippen LogP) is -0.0534. The van der Waals surface area contributed by atoms with Crippen LogP contribution in [0.15, 0.2) is 12.4 Å². The number of β-amino-alcohol motifs (C(OH)–C–C–N with tert-alkyl or cyclic N) is 1. The summed E-state index contributed by atoms with van der Waals surface area (Å²) in [4.78, 5) is 21.0. The monoisotopic (exact) mass is 256 g/mol. The van der Waals surface area contributed by atoms with E-state index in [1.54, 1.807) is 4.90 Å². The number of aromatic nitrogens is 2. The van der Waals surface area contributed by atoms with Crippen molar-refractivity contribution in [3.63, 3.8) is 0 Å². The fraction of sp³-hybridized carbons (Fsp3) is 0.500. The quantitative estimate of drug-likeness (QED) is 0.774. The molecular formula is C10H13ClN4O2. The average Bonchev–Trinajstić information content (AvgIpc) is 2.30. The molecular weight excluding hydrogens is 244 g/mol. The number of hydrogen-bond acceptors (Lipinski definition) is 5. The molecule has 0 aromatic carbocycles. The van der Waals surface area contributed by atoms with E-state index in [-0.39, 0.29) is 6.54 Å². The molecule has 1 amide bonds. The van der Waals surface area contributed by atoms with Crippen LogP contribution in [-0.4, -0.2) is 39.7 Å². The maximum atomic E-state index is 11.2. The van der Waals surface area contributed by atoms with Crippen molar-refractivity contribution in [3.8, 4) is 0 Å². The minimum absolute atomic E-state index is 0.115. The normalized spacial score (nSPS) is 24.7. The molecule has 92 valence electrons. The molecule has 0 saturated carbocycles. The Balaban J connectivity index is 2.17. The second-order valence-electron chi connectivity index (χ2n) is 4.12. The van der Waals surface area contributed by atoms with Crippen molar-refractivity contribution < 1.29 is 9.90 Å². The molecule has 1 aliphatic rings. The first kappa shape index (κ1) is 12.1. The van der Waals surface area contributed by atoms with Crippen molar-refractivity contribution in [1.82, 2.24) is 9.97 Å². The smallest absolute Gasteiger partial charge is 0.251 e. The molecule has 2 heterocycles. The van der Waals surface area contributed by atoms with Gasteiger partial charge in [-0.2, -0.15) is 0 Å². The fourth-order valence-corrected chi connectivity index (χ4v) is 1.97. The van der Waals surface area contributed by atoms with Gasteiger partial charge >= 0.3 is 0 Å². The number of amides is 1. The largest absolute Gasteiger partial charge is 0.378 e. The minimum atomic E-state index is -1.50. The SMILES string of the molecule is NC(=O)[C@]1(O)CCCN(c2ncc(Cl)cn2)C1. The highest BCUT2D eigenvalue weighted by Crippen LogP contribution is 2.23. The van der Waals surface area contributed by atoms with Crippen LogP contribution in [0.4, 0.5) is 5.95 Å². The lowest BCUT2D eigenvalue weighted by atomic mass is 9.92. The Morgan fingerprint density at radius 2 is 2.18 bits per heavy atom. The Morgan fingerprint density at radius 1 is 1.53 bits per heavy atom. The first-order valence-corrected chi connectivity index (χ1v) is 5.64. The van der Waals surface area contributed by atoms with E-state index in [4.69, 9.17) is 17.3 Å². The molecule has 1 saturated heterocycles. The maximum Gasteiger partial charge on any atom is 0.251 e. The van der Waals surface area contributed by atoms with E-state index in [0.717, 1.165) is 0 Å². The number of anilines is 1. The van der Waals surface area contributed by atoms with Crippen molar-refractivity contribution in [3.05, 3.63) is 17.4 Å². The van der Waals surface area contributed by atoms with Gasteiger partial charge in [0.25, 0.3) is 5.91 Å². The number of carbonyl (C=O) groups is 1. The van der Waals surface area contributed by atoms with Gasteiger partial charge in [0, 0.05) is 6.54 Å². The summed E-state index contributed by atoms with van der Waals surface area (Å²) in [5.74, 6) is -0.273. The topological polar surface area (TPSA) is 92.3 Å². The second-order valence-corrected chi connectivity index (χ2v) is 4.56. The van der Waals surface area contributed by atoms with E-state index in [1.165, 1.54) is 12.4 Å². The lowest BCUT2D eigenvalue weighted by Gasteiger charge is -2.36. The summed E-state index contributed by atoms with van der Waals surface area (Å²) in [5, 5.41) is 10.5. The van der Waals surface area contributed by atoms with Gasteiger partial charge in [0.2, 0.25) is 5.95 Å². The highest BCUT2D eigenvalue weighted by molar-refractivity contribution is 6.30. The van der Waals surface area contributed by atoms with Gasteiger partial charge in [-0.3, -0.25) is 4.79 Å². The lowest BCUT2D eigenvalue weighted by Crippen LogP contribution is -2.56. The number of carbonyl (C=O) groups excluding carboxylic acids is 1. The molecule has 17 heavy (non-hydrogen) atoms. The molecule has 2 rings (SSSR count). The molecule has 0 radical (unpaired) electrons. The Morgan fingerprint density at radius 3 is 2.76 bits per heavy atom. The summed E-state index contributed by atoms with van der Waals surface area (Å²) in [6.07, 6.45) is 3.97. The number of piperidine rings is 1. The summed E-state index contributed by atoms with van der Waals surface area (Å²) in [5.41, 5.74) is 3.69. The number of nitrogens with two attached hydrogens (primary N) is 1. The maximum absolute atomic E-state index is 11.2. The zero-order valence-electron chi connectivity index (χ0n) is 9.14. The standard InChI is InChI=1S/C10H13ClN4O2/c11-7-4-13-9(14-5-7)15-3-1-2-10(17,6-15)8(12)16/h4-5,17H,1-3,6H2,(H2,12,16)/t10-/m0/s1. The minimum Gasteiger partial charge on any atom is -0.378 e. The molecule has 0 unspecified atom stereocenters. The highest BCUT2D eigenvalue weighted by Gasteiger charge is 2.39. The summed E-state index contributed by atoms with van der Waals surface area (Å²) in [6, 6.07) is 0. The average molecular weight is 257 g/mol. The van der Waals surface area contributed by atoms with Crippen LogP contribution in [-0.2, 0) is 4.79 Å². The third kappa shape index (κ3) is 2.48. The summed E-state index contributed by atoms with van der Waals surface area (Å²) >= 11 is 5.69. The first-order valence-electron chi connectivity index (χ1n) is 5.26. The summed E-state index contributed by atoms with van der Waals surface area (Å²) < 4.78 is 0. The van der Waals surface area contributed by atoms with Gasteiger partial charge < -0.3 is 15.7 Å². The molecule has 3 N–H and O–H groups in total. The van der Waals surface area contributed by atoms with Crippen LogP contribution in [0.1, 0.15) is 12.8 Å². The van der Waals surface area contributed by atoms with Crippen molar-refractivity contribution >= 4 is 23.5 Å². The van der Waals surface area contributed by atoms with Gasteiger partial charge in [0.05, 0.1) is 24.0 Å². The van der Waals surface area contributed by atoms with Crippen molar-refractivity contribution in [1.29, 1.82) is 0 Å². The van der Waals surface area contributed by atoms with Gasteiger partial charge in [-0.25, -0.2) is 9.97 Å². The Labute approximate surface area is 103 Å². The number of hydrogen-bond donors (Lipinski definition) is 2. The molecule has 6 nitrogen and oxygen atoms in total. The lowest BCUT2D eigenvalue weighted by molar-refractivity contribution is -0.137. The molecule has 1 aromatic rings. The molecule has 7 heteroatoms. The van der Waals surface area contributed by atoms with Gasteiger partial charge in [0.1, 0.15) is 0 Å². The molecule has 1 aromatic heterocycles. The van der Waals surface area contributed by atoms with E-state index in [2.05, 4.69) is 9.97 Å². The number of rotatable bonds is 2. The molecule has 1 aliphatic heterocycles. The number of primary amides is 1. The Hall–Kier alpha value is -1.40. The molecule has 1 fully saturated rings. The summed E-state index contributed by atoms with van der Waals surface area (Å²) in [7, 11) is 0. The number of aliphatic hydroxyl groups is 1. The van der Waals surface area contributed by atoms with Crippen LogP contribution in [0.25, 0.3) is 0 Å². The van der Waals surface area contributed by atoms with E-state index < -0.39 is 11.5 Å². The van der Waals surface area contributed by atoms with E-state index in [1.807, 2.05) is 0 Å². The number of nitrogens with zero attached hydrogens (tertiary/aromatic N) is 3. The molecule has 0 aliphatic carbocycles. The predicted molar refractivity (Wildman–Crippen MR) is 62.6 cm³/mol. The third-order valence-corrected chi connectivity index (χ3v) is 3.01. The second kappa shape index (κ2) is 4.46. The van der Waals surface area contributed by atoms with Crippen molar-refractivity contribution in [2.45, 2.75) is 18.4 Å². The fourth-order valence-electron chi connectivity index (χ4n) is 1.88. The van der Waals surface area contributed by atoms with E-state index >= 15 is 0 Å². The van der Waals surface area contributed by atoms with Gasteiger partial charge in [-0.1, -0.05) is 11.6 Å². The third-order valence-electron chi connectivity index (χ3n) is 2.82. The summed E-state index contributed by atoms with van der Waals surface area (Å²) in [6.45, 7) is 0.793. The molecule has 1 atom stereocenters. The van der Waals surface area contributed by atoms with Crippen LogP contribution in [0, 0.1) is 0 Å². The van der Waals surface area contributed by atoms with Gasteiger partial charge in [-0.15, -0.1) is 0 Å². The van der Waals surface area contributed by atoms with Gasteiger partial charge in [-0.05, 0) is 12.8 Å². The first-order chi connectivity index (χ1) is 8.01. The van der Waals surface area contributed by atoms with E-state index in [0.29, 0.717) is 30.4 Å². The van der Waals surface area contributed by atoms with Crippen LogP contribution in [0.2, 0.25) is 5.02 Å². The van der Waals surface area contributed by atoms with Crippen LogP contribution >= 0.6 is 11.6 Å². The zero-order valence-corrected chi connectivity index (χ0v) is 9.89. The zero-order chi connectivity index (χ0) is 12.5. The Kier molecular flexibility index (Phi) is 3.17. The van der Waals surface area contributed by atoms with Gasteiger partial charge in [0.15, 0.2) is 5.60 Å². The van der Waals surface area contributed by atoms with E-state index in [9.17, 15) is 9.90 Å². The van der Waals surface area contributed by atoms with Crippen molar-refractivity contribution in [2.75, 3.05) is 18.0 Å². The van der Waals surface area contributed by atoms with Crippen LogP contribution in [0.5, 0.6) is 0 Å². The highest BCUT2D eigenvalue weighted by atomic mass is 35.5.